The van der Waals surface area contributed by atoms with Crippen LogP contribution in [0.5, 0.6) is 0 Å². The molecule has 0 aromatic rings. The molecule has 0 heterocycles. The molecule has 0 aromatic heterocycles. The Kier molecular flexibility index (Phi) is 78.0. The first-order valence-electron chi connectivity index (χ1n) is 2.36. The van der Waals surface area contributed by atoms with Gasteiger partial charge in [0, 0.05) is 0 Å². The van der Waals surface area contributed by atoms with Crippen molar-refractivity contribution in [2.24, 2.45) is 0 Å². The first-order chi connectivity index (χ1) is 5.20. The Morgan fingerprint density at radius 3 is 1.18 bits per heavy atom. The second kappa shape index (κ2) is 31.1. The minimum absolute atomic E-state index is 0. The van der Waals surface area contributed by atoms with E-state index in [2.05, 4.69) is 13.7 Å². The van der Waals surface area contributed by atoms with Crippen molar-refractivity contribution < 1.29 is 158 Å². The van der Waals surface area contributed by atoms with Gasteiger partial charge in [-0.25, -0.2) is 0 Å². The molecule has 11 nitrogen and oxygen atoms in total. The fourth-order valence-corrected chi connectivity index (χ4v) is 0.246. The van der Waals surface area contributed by atoms with Crippen molar-refractivity contribution in [2.45, 2.75) is 0 Å². The topological polar surface area (TPSA) is 234 Å². The molecule has 17 heavy (non-hydrogen) atoms. The minimum Gasteiger partial charge on any atom is 1.00 e. The van der Waals surface area contributed by atoms with Gasteiger partial charge in [-0.15, -0.1) is 0 Å². The van der Waals surface area contributed by atoms with Gasteiger partial charge >= 0.3 is 165 Å². The molecule has 0 aliphatic heterocycles. The van der Waals surface area contributed by atoms with E-state index in [9.17, 15) is 19.5 Å². The SMILES string of the molecule is O.O.O.O.O=BOB([O-])OB([O-])OB=O.[K+].[K+]. The molecule has 0 unspecified atom stereocenters. The maximum absolute atomic E-state index is 10.1. The van der Waals surface area contributed by atoms with E-state index in [1.165, 1.54) is 0 Å². The molecule has 0 amide bonds. The number of hydrogen-bond acceptors (Lipinski definition) is 7. The summed E-state index contributed by atoms with van der Waals surface area (Å²) >= 11 is 0. The van der Waals surface area contributed by atoms with E-state index < -0.39 is 14.6 Å². The van der Waals surface area contributed by atoms with Crippen molar-refractivity contribution in [3.63, 3.8) is 0 Å². The molecule has 17 heteroatoms. The van der Waals surface area contributed by atoms with Gasteiger partial charge in [0.15, 0.2) is 0 Å². The molecule has 0 saturated carbocycles. The zero-order valence-electron chi connectivity index (χ0n) is 9.17. The van der Waals surface area contributed by atoms with E-state index in [1.54, 1.807) is 0 Å². The zero-order chi connectivity index (χ0) is 8.69. The van der Waals surface area contributed by atoms with E-state index in [4.69, 9.17) is 0 Å². The Labute approximate surface area is 183 Å². The summed E-state index contributed by atoms with van der Waals surface area (Å²) in [5, 5.41) is 20.3. The van der Waals surface area contributed by atoms with E-state index in [0.29, 0.717) is 0 Å². The zero-order valence-corrected chi connectivity index (χ0v) is 15.4. The molecule has 8 N–H and O–H groups in total. The van der Waals surface area contributed by atoms with Crippen LogP contribution in [0.1, 0.15) is 0 Å². The summed E-state index contributed by atoms with van der Waals surface area (Å²) in [6.45, 7) is 0. The van der Waals surface area contributed by atoms with Gasteiger partial charge in [0.25, 0.3) is 0 Å². The summed E-state index contributed by atoms with van der Waals surface area (Å²) in [7, 11) is -4.92. The van der Waals surface area contributed by atoms with Gasteiger partial charge in [0.1, 0.15) is 0 Å². The van der Waals surface area contributed by atoms with Crippen LogP contribution in [0.2, 0.25) is 0 Å². The van der Waals surface area contributed by atoms with Crippen LogP contribution in [0, 0.1) is 0 Å². The smallest absolute Gasteiger partial charge is 1.00 e. The molecular formula is H8B4K2O11. The molecule has 0 aliphatic rings. The molecule has 0 radical (unpaired) electrons. The summed E-state index contributed by atoms with van der Waals surface area (Å²) in [6.07, 6.45) is 0. The van der Waals surface area contributed by atoms with E-state index in [0.717, 1.165) is 0 Å². The monoisotopic (exact) mass is 306 g/mol. The Balaban J connectivity index is -0.0000000333. The quantitative estimate of drug-likeness (QED) is 0.429. The van der Waals surface area contributed by atoms with Crippen molar-refractivity contribution >= 4 is 29.3 Å². The van der Waals surface area contributed by atoms with Crippen molar-refractivity contribution in [3.8, 4) is 0 Å². The van der Waals surface area contributed by atoms with E-state index >= 15 is 0 Å². The third kappa shape index (κ3) is 32.2. The summed E-state index contributed by atoms with van der Waals surface area (Å²) in [4.78, 5) is 0. The molecule has 88 valence electrons. The largest absolute Gasteiger partial charge is 1.00 e. The fraction of sp³-hybridized carbons (Fsp3) is 0. The second-order valence-electron chi connectivity index (χ2n) is 1.18. The van der Waals surface area contributed by atoms with Crippen LogP contribution in [0.3, 0.4) is 0 Å². The third-order valence-corrected chi connectivity index (χ3v) is 0.556. The van der Waals surface area contributed by atoms with E-state index in [-0.39, 0.29) is 139 Å². The molecular weight excluding hydrogens is 297 g/mol. The van der Waals surface area contributed by atoms with Crippen molar-refractivity contribution in [2.75, 3.05) is 0 Å². The average molecular weight is 305 g/mol. The van der Waals surface area contributed by atoms with Crippen LogP contribution in [0.15, 0.2) is 0 Å². The van der Waals surface area contributed by atoms with Crippen molar-refractivity contribution in [3.05, 3.63) is 0 Å². The average Bonchev–Trinajstić information content (AvgIpc) is 1.87. The molecule has 0 aromatic carbocycles. The maximum Gasteiger partial charge on any atom is 1.00 e. The molecule has 0 atom stereocenters. The molecule has 0 fully saturated rings. The van der Waals surface area contributed by atoms with Gasteiger partial charge < -0.3 is 21.9 Å². The summed E-state index contributed by atoms with van der Waals surface area (Å²) in [5.41, 5.74) is 0. The minimum atomic E-state index is -2.27. The van der Waals surface area contributed by atoms with Crippen molar-refractivity contribution in [1.82, 2.24) is 0 Å². The maximum atomic E-state index is 10.1. The van der Waals surface area contributed by atoms with Gasteiger partial charge in [-0.3, -0.25) is 0 Å². The Bertz CT molecular complexity index is 121. The summed E-state index contributed by atoms with van der Waals surface area (Å²) in [5.74, 6) is 0. The normalized spacial score (nSPS) is 4.82. The van der Waals surface area contributed by atoms with Gasteiger partial charge in [-0.05, 0) is 0 Å². The third-order valence-electron chi connectivity index (χ3n) is 0.556. The molecule has 0 spiro atoms. The fourth-order valence-electron chi connectivity index (χ4n) is 0.246. The summed E-state index contributed by atoms with van der Waals surface area (Å²) < 4.78 is 29.8. The van der Waals surface area contributed by atoms with Crippen LogP contribution >= 0.6 is 0 Å². The Morgan fingerprint density at radius 1 is 0.765 bits per heavy atom. The van der Waals surface area contributed by atoms with Crippen LogP contribution in [0.4, 0.5) is 0 Å². The Morgan fingerprint density at radius 2 is 1.00 bits per heavy atom. The molecule has 0 aliphatic carbocycles. The number of hydrogen-bond donors (Lipinski definition) is 0. The summed E-state index contributed by atoms with van der Waals surface area (Å²) in [6, 6.07) is 0. The second-order valence-corrected chi connectivity index (χ2v) is 1.18. The van der Waals surface area contributed by atoms with Gasteiger partial charge in [0.2, 0.25) is 0 Å². The van der Waals surface area contributed by atoms with Crippen LogP contribution in [0.25, 0.3) is 0 Å². The van der Waals surface area contributed by atoms with Crippen LogP contribution in [-0.4, -0.2) is 51.3 Å². The van der Waals surface area contributed by atoms with E-state index in [1.807, 2.05) is 0 Å². The Hall–Kier alpha value is 2.45. The van der Waals surface area contributed by atoms with Crippen LogP contribution < -0.4 is 113 Å². The van der Waals surface area contributed by atoms with Crippen LogP contribution in [-0.2, 0) is 23.1 Å². The molecule has 0 rings (SSSR count). The predicted molar refractivity (Wildman–Crippen MR) is 42.1 cm³/mol. The first kappa shape index (κ1) is 42.7. The number of rotatable bonds is 6. The molecule has 0 bridgehead atoms. The van der Waals surface area contributed by atoms with Gasteiger partial charge in [-0.1, -0.05) is 0 Å². The van der Waals surface area contributed by atoms with Gasteiger partial charge in [-0.2, -0.15) is 0 Å². The predicted octanol–water partition coefficient (Wildman–Crippen LogP) is -13.6. The van der Waals surface area contributed by atoms with Crippen molar-refractivity contribution in [1.29, 1.82) is 0 Å². The first-order valence-corrected chi connectivity index (χ1v) is 2.36. The van der Waals surface area contributed by atoms with Gasteiger partial charge in [0.05, 0.1) is 0 Å². The molecule has 0 saturated heterocycles. The standard InChI is InChI=1S/B4O7.2K.4H2O/c5-1-9-3(7)11-4(8)10-2-6;;;;;;/h;;;4*1H2/q-2;2*+1;;;;.